The molecule has 1 aromatic rings. The van der Waals surface area contributed by atoms with E-state index >= 15 is 0 Å². The first kappa shape index (κ1) is 56.1. The Morgan fingerprint density at radius 3 is 1.79 bits per heavy atom. The summed E-state index contributed by atoms with van der Waals surface area (Å²) in [5, 5.41) is 54.6. The summed E-state index contributed by atoms with van der Waals surface area (Å²) >= 11 is 0. The highest BCUT2D eigenvalue weighted by Crippen LogP contribution is 2.20. The van der Waals surface area contributed by atoms with Gasteiger partial charge < -0.3 is 74.4 Å². The second kappa shape index (κ2) is 27.4. The van der Waals surface area contributed by atoms with E-state index in [4.69, 9.17) is 17.2 Å². The Bertz CT molecular complexity index is 1840. The molecule has 16 N–H and O–H groups in total. The third kappa shape index (κ3) is 18.4. The monoisotopic (exact) mass is 934 g/mol. The number of carbonyl (C=O) groups excluding carboxylic acids is 7. The van der Waals surface area contributed by atoms with E-state index in [0.717, 1.165) is 0 Å². The van der Waals surface area contributed by atoms with Crippen molar-refractivity contribution in [1.29, 1.82) is 0 Å². The number of hydrogen-bond acceptors (Lipinski definition) is 13. The van der Waals surface area contributed by atoms with Gasteiger partial charge in [0.15, 0.2) is 5.96 Å². The summed E-state index contributed by atoms with van der Waals surface area (Å²) in [4.78, 5) is 112. The van der Waals surface area contributed by atoms with Gasteiger partial charge in [0.25, 0.3) is 0 Å². The van der Waals surface area contributed by atoms with Crippen molar-refractivity contribution in [3.63, 3.8) is 0 Å². The molecule has 23 nitrogen and oxygen atoms in total. The fourth-order valence-electron chi connectivity index (χ4n) is 7.17. The number of aromatic hydroxyl groups is 1. The van der Waals surface area contributed by atoms with E-state index in [2.05, 4.69) is 36.9 Å². The Hall–Kier alpha value is -6.07. The lowest BCUT2D eigenvalue weighted by Gasteiger charge is -2.30. The number of carboxylic acids is 1. The molecular formula is C43H71N11O12. The zero-order valence-electron chi connectivity index (χ0n) is 38.6. The maximum Gasteiger partial charge on any atom is 0.326 e. The number of aliphatic carboxylic acids is 1. The number of nitrogens with one attached hydrogen (secondary N) is 6. The van der Waals surface area contributed by atoms with Crippen molar-refractivity contribution in [2.75, 3.05) is 26.3 Å². The van der Waals surface area contributed by atoms with Gasteiger partial charge in [-0.25, -0.2) is 4.79 Å². The van der Waals surface area contributed by atoms with Crippen LogP contribution >= 0.6 is 0 Å². The van der Waals surface area contributed by atoms with E-state index in [1.807, 2.05) is 0 Å². The van der Waals surface area contributed by atoms with Crippen molar-refractivity contribution in [2.45, 2.75) is 135 Å². The maximum atomic E-state index is 14.0. The molecular weight excluding hydrogens is 863 g/mol. The lowest BCUT2D eigenvalue weighted by molar-refractivity contribution is -0.143. The zero-order chi connectivity index (χ0) is 49.8. The van der Waals surface area contributed by atoms with Crippen LogP contribution in [0.3, 0.4) is 0 Å². The number of phenols is 1. The molecule has 66 heavy (non-hydrogen) atoms. The highest BCUT2D eigenvalue weighted by molar-refractivity contribution is 5.98. The molecule has 23 heteroatoms. The Morgan fingerprint density at radius 2 is 1.24 bits per heavy atom. The summed E-state index contributed by atoms with van der Waals surface area (Å²) in [6.07, 6.45) is 0.897. The van der Waals surface area contributed by atoms with Gasteiger partial charge >= 0.3 is 5.97 Å². The van der Waals surface area contributed by atoms with Gasteiger partial charge in [-0.2, -0.15) is 0 Å². The van der Waals surface area contributed by atoms with Crippen LogP contribution in [0.1, 0.15) is 85.6 Å². The van der Waals surface area contributed by atoms with Gasteiger partial charge in [0.2, 0.25) is 41.4 Å². The molecule has 0 aromatic heterocycles. The van der Waals surface area contributed by atoms with Crippen molar-refractivity contribution in [3.05, 3.63) is 29.8 Å². The molecule has 1 saturated heterocycles. The molecule has 1 fully saturated rings. The molecule has 0 spiro atoms. The summed E-state index contributed by atoms with van der Waals surface area (Å²) in [7, 11) is 0. The predicted octanol–water partition coefficient (Wildman–Crippen LogP) is -2.97. The SMILES string of the molecule is CC(C)C[C@H](NC(=O)[C@H](CC(C)C)NC(=O)[C@H](CCCN=C(N)N)NC(=O)[C@H](CO)NC(=O)[C@@H](NC(=O)[C@H](Cc1ccc(O)cc1)NC(=O)[C@@H]1CCCN1C(=O)[C@@H](N)CO)C(C)C)C(=O)O. The predicted molar refractivity (Wildman–Crippen MR) is 242 cm³/mol. The summed E-state index contributed by atoms with van der Waals surface area (Å²) in [5.41, 5.74) is 17.2. The number of aliphatic hydroxyl groups excluding tert-OH is 2. The van der Waals surface area contributed by atoms with Crippen molar-refractivity contribution < 1.29 is 58.8 Å². The Balaban J connectivity index is 2.34. The van der Waals surface area contributed by atoms with Crippen LogP contribution in [0.4, 0.5) is 0 Å². The van der Waals surface area contributed by atoms with Gasteiger partial charge in [0.1, 0.15) is 54.1 Å². The Labute approximate surface area is 384 Å². The highest BCUT2D eigenvalue weighted by atomic mass is 16.4. The van der Waals surface area contributed by atoms with Gasteiger partial charge in [0, 0.05) is 19.5 Å². The number of hydrogen-bond donors (Lipinski definition) is 13. The van der Waals surface area contributed by atoms with E-state index in [0.29, 0.717) is 12.0 Å². The smallest absolute Gasteiger partial charge is 0.326 e. The maximum absolute atomic E-state index is 14.0. The number of nitrogens with zero attached hydrogens (tertiary/aromatic N) is 2. The van der Waals surface area contributed by atoms with Gasteiger partial charge in [-0.05, 0) is 74.0 Å². The Kier molecular flexibility index (Phi) is 23.3. The van der Waals surface area contributed by atoms with Gasteiger partial charge in [-0.15, -0.1) is 0 Å². The molecule has 0 bridgehead atoms. The number of carbonyl (C=O) groups is 8. The van der Waals surface area contributed by atoms with E-state index in [1.165, 1.54) is 29.2 Å². The van der Waals surface area contributed by atoms with E-state index in [-0.39, 0.29) is 75.2 Å². The number of amides is 7. The molecule has 0 radical (unpaired) electrons. The van der Waals surface area contributed by atoms with Gasteiger partial charge in [-0.3, -0.25) is 38.6 Å². The van der Waals surface area contributed by atoms with Crippen LogP contribution in [0.15, 0.2) is 29.3 Å². The van der Waals surface area contributed by atoms with Crippen LogP contribution in [0.25, 0.3) is 0 Å². The average molecular weight is 934 g/mol. The van der Waals surface area contributed by atoms with Crippen LogP contribution in [0.5, 0.6) is 5.75 Å². The van der Waals surface area contributed by atoms with Crippen LogP contribution < -0.4 is 49.1 Å². The molecule has 8 atom stereocenters. The topological polar surface area (TPSA) is 383 Å². The lowest BCUT2D eigenvalue weighted by Crippen LogP contribution is -2.61. The number of aliphatic imine (C=N–C) groups is 1. The van der Waals surface area contributed by atoms with Crippen LogP contribution in [0.2, 0.25) is 0 Å². The first-order chi connectivity index (χ1) is 31.0. The molecule has 2 rings (SSSR count). The molecule has 0 saturated carbocycles. The summed E-state index contributed by atoms with van der Waals surface area (Å²) in [6, 6.07) is -4.60. The first-order valence-corrected chi connectivity index (χ1v) is 22.1. The number of aliphatic hydroxyl groups is 2. The van der Waals surface area contributed by atoms with Crippen molar-refractivity contribution in [3.8, 4) is 5.75 Å². The van der Waals surface area contributed by atoms with E-state index in [9.17, 15) is 58.8 Å². The fourth-order valence-corrected chi connectivity index (χ4v) is 7.17. The summed E-state index contributed by atoms with van der Waals surface area (Å²) in [5.74, 6) is -8.02. The van der Waals surface area contributed by atoms with Crippen molar-refractivity contribution >= 4 is 53.3 Å². The molecule has 0 unspecified atom stereocenters. The van der Waals surface area contributed by atoms with Crippen molar-refractivity contribution in [1.82, 2.24) is 36.8 Å². The fraction of sp³-hybridized carbons (Fsp3) is 0.651. The molecule has 370 valence electrons. The summed E-state index contributed by atoms with van der Waals surface area (Å²) < 4.78 is 0. The lowest BCUT2D eigenvalue weighted by atomic mass is 9.99. The molecule has 1 aliphatic heterocycles. The van der Waals surface area contributed by atoms with Gasteiger partial charge in [0.05, 0.1) is 13.2 Å². The first-order valence-electron chi connectivity index (χ1n) is 22.1. The minimum atomic E-state index is -1.67. The summed E-state index contributed by atoms with van der Waals surface area (Å²) in [6.45, 7) is 9.01. The second-order valence-corrected chi connectivity index (χ2v) is 17.6. The van der Waals surface area contributed by atoms with Crippen LogP contribution in [-0.2, 0) is 44.8 Å². The molecule has 0 aliphatic carbocycles. The molecule has 7 amide bonds. The Morgan fingerprint density at radius 1 is 0.712 bits per heavy atom. The normalized spacial score (nSPS) is 16.8. The largest absolute Gasteiger partial charge is 0.508 e. The molecule has 1 aromatic carbocycles. The molecule has 1 aliphatic rings. The third-order valence-electron chi connectivity index (χ3n) is 10.7. The number of phenolic OH excluding ortho intramolecular Hbond substituents is 1. The second-order valence-electron chi connectivity index (χ2n) is 17.6. The quantitative estimate of drug-likeness (QED) is 0.0238. The van der Waals surface area contributed by atoms with E-state index in [1.54, 1.807) is 41.5 Å². The highest BCUT2D eigenvalue weighted by Gasteiger charge is 2.39. The number of nitrogens with two attached hydrogens (primary N) is 3. The number of guanidine groups is 1. The van der Waals surface area contributed by atoms with Crippen molar-refractivity contribution in [2.24, 2.45) is 39.9 Å². The minimum Gasteiger partial charge on any atom is -0.508 e. The zero-order valence-corrected chi connectivity index (χ0v) is 38.6. The standard InChI is InChI=1S/C43H71N11O12/c1-22(2)17-29(36(59)51-31(42(65)66)18-23(3)4)49-35(58)28(9-7-15-47-43(45)46)48-38(61)32(21-56)52-40(63)34(24(5)6)53-37(60)30(19-25-11-13-26(57)14-12-25)50-39(62)33-10-8-16-54(33)41(64)27(44)20-55/h11-14,22-24,27-34,55-57H,7-10,15-21,44H2,1-6H3,(H,48,61)(H,49,58)(H,50,62)(H,51,59)(H,52,63)(H,53,60)(H,65,66)(H4,45,46,47)/t27-,28-,29-,30-,31-,32-,33-,34-/m0/s1. The van der Waals surface area contributed by atoms with Crippen LogP contribution in [-0.4, -0.2) is 153 Å². The number of carboxylic acid groups (broad SMARTS) is 1. The third-order valence-corrected chi connectivity index (χ3v) is 10.7. The number of rotatable bonds is 27. The number of benzene rings is 1. The average Bonchev–Trinajstić information content (AvgIpc) is 3.74. The van der Waals surface area contributed by atoms with E-state index < -0.39 is 115 Å². The molecule has 1 heterocycles. The van der Waals surface area contributed by atoms with Gasteiger partial charge in [-0.1, -0.05) is 53.7 Å². The number of likely N-dealkylation sites (tertiary alicyclic amines) is 1. The minimum absolute atomic E-state index is 0.0480. The van der Waals surface area contributed by atoms with Crippen LogP contribution in [0, 0.1) is 17.8 Å².